The molecule has 3 rings (SSSR count). The molecule has 0 N–H and O–H groups in total. The van der Waals surface area contributed by atoms with Gasteiger partial charge < -0.3 is 4.57 Å². The van der Waals surface area contributed by atoms with E-state index in [1.165, 1.54) is 10.5 Å². The molecule has 146 valence electrons. The number of aromatic nitrogens is 1. The summed E-state index contributed by atoms with van der Waals surface area (Å²) in [6, 6.07) is 10.6. The maximum Gasteiger partial charge on any atom is 0.293 e. The average molecular weight is 395 g/mol. The number of thioether (sulfide) groups is 1. The second-order valence-electron chi connectivity index (χ2n) is 8.04. The molecule has 28 heavy (non-hydrogen) atoms. The van der Waals surface area contributed by atoms with E-state index in [0.717, 1.165) is 34.4 Å². The van der Waals surface area contributed by atoms with Crippen LogP contribution in [-0.2, 0) is 10.2 Å². The van der Waals surface area contributed by atoms with Gasteiger partial charge in [0.15, 0.2) is 0 Å². The fourth-order valence-electron chi connectivity index (χ4n) is 3.37. The Labute approximate surface area is 170 Å². The average Bonchev–Trinajstić information content (AvgIpc) is 3.05. The number of carbonyl (C=O) groups is 2. The number of aryl methyl sites for hydroxylation is 1. The van der Waals surface area contributed by atoms with Crippen LogP contribution in [-0.4, -0.2) is 27.2 Å². The van der Waals surface area contributed by atoms with Crippen molar-refractivity contribution in [2.45, 2.75) is 40.0 Å². The van der Waals surface area contributed by atoms with E-state index in [1.54, 1.807) is 6.08 Å². The maximum atomic E-state index is 12.5. The molecule has 2 aromatic rings. The first-order valence-electron chi connectivity index (χ1n) is 9.29. The first kappa shape index (κ1) is 20.2. The summed E-state index contributed by atoms with van der Waals surface area (Å²) in [5, 5.41) is -0.247. The van der Waals surface area contributed by atoms with Crippen molar-refractivity contribution in [3.8, 4) is 5.69 Å². The van der Waals surface area contributed by atoms with Crippen LogP contribution in [0.5, 0.6) is 0 Å². The second-order valence-corrected chi connectivity index (χ2v) is 9.03. The monoisotopic (exact) mass is 394 g/mol. The van der Waals surface area contributed by atoms with Gasteiger partial charge in [-0.1, -0.05) is 39.0 Å². The zero-order valence-electron chi connectivity index (χ0n) is 17.1. The summed E-state index contributed by atoms with van der Waals surface area (Å²) in [7, 11) is 0. The molecule has 4 nitrogen and oxygen atoms in total. The molecule has 5 heteroatoms. The van der Waals surface area contributed by atoms with Crippen LogP contribution in [0.3, 0.4) is 0 Å². The Morgan fingerprint density at radius 3 is 2.32 bits per heavy atom. The van der Waals surface area contributed by atoms with Gasteiger partial charge in [0.2, 0.25) is 0 Å². The van der Waals surface area contributed by atoms with Gasteiger partial charge in [0.05, 0.1) is 4.91 Å². The quantitative estimate of drug-likeness (QED) is 0.500. The van der Waals surface area contributed by atoms with E-state index < -0.39 is 0 Å². The molecule has 0 atom stereocenters. The summed E-state index contributed by atoms with van der Waals surface area (Å²) in [6.07, 6.45) is 3.38. The molecule has 1 aromatic heterocycles. The molecular formula is C23H26N2O2S. The molecule has 0 unspecified atom stereocenters. The lowest BCUT2D eigenvalue weighted by molar-refractivity contribution is -0.122. The zero-order valence-corrected chi connectivity index (χ0v) is 17.9. The van der Waals surface area contributed by atoms with E-state index in [4.69, 9.17) is 0 Å². The number of imide groups is 1. The molecule has 0 aliphatic carbocycles. The first-order valence-corrected chi connectivity index (χ1v) is 10.1. The molecule has 1 aliphatic heterocycles. The molecule has 0 bridgehead atoms. The van der Waals surface area contributed by atoms with E-state index in [2.05, 4.69) is 62.2 Å². The van der Waals surface area contributed by atoms with Crippen molar-refractivity contribution in [3.63, 3.8) is 0 Å². The number of hydrogen-bond donors (Lipinski definition) is 0. The minimum Gasteiger partial charge on any atom is -0.318 e. The highest BCUT2D eigenvalue weighted by Crippen LogP contribution is 2.34. The van der Waals surface area contributed by atoms with Crippen LogP contribution in [0.4, 0.5) is 4.79 Å². The summed E-state index contributed by atoms with van der Waals surface area (Å²) in [5.74, 6) is -0.255. The van der Waals surface area contributed by atoms with Crippen molar-refractivity contribution in [2.24, 2.45) is 0 Å². The number of carbonyl (C=O) groups excluding carboxylic acids is 2. The molecule has 0 radical (unpaired) electrons. The van der Waals surface area contributed by atoms with Gasteiger partial charge in [-0.15, -0.1) is 6.58 Å². The normalized spacial score (nSPS) is 16.3. The van der Waals surface area contributed by atoms with Crippen LogP contribution in [0.2, 0.25) is 0 Å². The smallest absolute Gasteiger partial charge is 0.293 e. The highest BCUT2D eigenvalue weighted by molar-refractivity contribution is 8.18. The van der Waals surface area contributed by atoms with E-state index in [1.807, 2.05) is 19.9 Å². The summed E-state index contributed by atoms with van der Waals surface area (Å²) >= 11 is 0.982. The molecule has 2 heterocycles. The van der Waals surface area contributed by atoms with Crippen molar-refractivity contribution >= 4 is 29.0 Å². The number of nitrogens with zero attached hydrogens (tertiary/aromatic N) is 2. The third kappa shape index (κ3) is 3.72. The molecule has 0 spiro atoms. The minimum absolute atomic E-state index is 0.110. The molecule has 1 aliphatic rings. The van der Waals surface area contributed by atoms with Gasteiger partial charge in [0.25, 0.3) is 11.1 Å². The van der Waals surface area contributed by atoms with E-state index in [9.17, 15) is 9.59 Å². The number of amides is 2. The van der Waals surface area contributed by atoms with Gasteiger partial charge in [-0.25, -0.2) is 0 Å². The van der Waals surface area contributed by atoms with Crippen LogP contribution < -0.4 is 0 Å². The third-order valence-electron chi connectivity index (χ3n) is 4.93. The SMILES string of the molecule is C=CCN1C(=O)S/C(=C\c2cc(C)n(-c3ccc(C(C)(C)C)cc3)c2C)C1=O. The molecule has 1 aromatic carbocycles. The highest BCUT2D eigenvalue weighted by atomic mass is 32.2. The summed E-state index contributed by atoms with van der Waals surface area (Å²) in [6.45, 7) is 14.5. The predicted octanol–water partition coefficient (Wildman–Crippen LogP) is 5.61. The zero-order chi connectivity index (χ0) is 20.6. The Hall–Kier alpha value is -2.53. The van der Waals surface area contributed by atoms with E-state index in [-0.39, 0.29) is 23.1 Å². The van der Waals surface area contributed by atoms with Crippen LogP contribution in [0.15, 0.2) is 47.9 Å². The predicted molar refractivity (Wildman–Crippen MR) is 117 cm³/mol. The van der Waals surface area contributed by atoms with Gasteiger partial charge in [0.1, 0.15) is 0 Å². The summed E-state index contributed by atoms with van der Waals surface area (Å²) < 4.78 is 2.17. The van der Waals surface area contributed by atoms with E-state index in [0.29, 0.717) is 4.91 Å². The molecule has 1 fully saturated rings. The maximum absolute atomic E-state index is 12.5. The lowest BCUT2D eigenvalue weighted by Gasteiger charge is -2.20. The lowest BCUT2D eigenvalue weighted by atomic mass is 9.87. The van der Waals surface area contributed by atoms with Crippen molar-refractivity contribution in [1.82, 2.24) is 9.47 Å². The molecule has 2 amide bonds. The fraction of sp³-hybridized carbons (Fsp3) is 0.304. The Balaban J connectivity index is 1.96. The van der Waals surface area contributed by atoms with Gasteiger partial charge >= 0.3 is 0 Å². The Kier molecular flexibility index (Phi) is 5.39. The molecule has 1 saturated heterocycles. The lowest BCUT2D eigenvalue weighted by Crippen LogP contribution is -2.27. The largest absolute Gasteiger partial charge is 0.318 e. The molecule has 0 saturated carbocycles. The Bertz CT molecular complexity index is 975. The van der Waals surface area contributed by atoms with Gasteiger partial charge in [-0.2, -0.15) is 0 Å². The van der Waals surface area contributed by atoms with Crippen LogP contribution >= 0.6 is 11.8 Å². The third-order valence-corrected chi connectivity index (χ3v) is 5.84. The van der Waals surface area contributed by atoms with Crippen LogP contribution in [0, 0.1) is 13.8 Å². The highest BCUT2D eigenvalue weighted by Gasteiger charge is 2.34. The minimum atomic E-state index is -0.255. The van der Waals surface area contributed by atoms with E-state index >= 15 is 0 Å². The Morgan fingerprint density at radius 1 is 1.11 bits per heavy atom. The first-order chi connectivity index (χ1) is 13.1. The van der Waals surface area contributed by atoms with Crippen molar-refractivity contribution in [1.29, 1.82) is 0 Å². The van der Waals surface area contributed by atoms with Crippen LogP contribution in [0.1, 0.15) is 43.3 Å². The van der Waals surface area contributed by atoms with Crippen molar-refractivity contribution in [3.05, 3.63) is 70.4 Å². The number of benzene rings is 1. The van der Waals surface area contributed by atoms with Crippen LogP contribution in [0.25, 0.3) is 11.8 Å². The van der Waals surface area contributed by atoms with Gasteiger partial charge in [0, 0.05) is 23.6 Å². The number of hydrogen-bond acceptors (Lipinski definition) is 3. The number of rotatable bonds is 4. The summed E-state index contributed by atoms with van der Waals surface area (Å²) in [5.41, 5.74) is 5.55. The summed E-state index contributed by atoms with van der Waals surface area (Å²) in [4.78, 5) is 26.2. The standard InChI is InChI=1S/C23H26N2O2S/c1-7-12-24-21(26)20(28-22(24)27)14-17-13-15(2)25(16(17)3)19-10-8-18(9-11-19)23(4,5)6/h7-11,13-14H,1,12H2,2-6H3/b20-14-. The Morgan fingerprint density at radius 2 is 1.75 bits per heavy atom. The second kappa shape index (κ2) is 7.47. The topological polar surface area (TPSA) is 42.3 Å². The fourth-order valence-corrected chi connectivity index (χ4v) is 4.21. The van der Waals surface area contributed by atoms with Crippen molar-refractivity contribution < 1.29 is 9.59 Å². The molecular weight excluding hydrogens is 368 g/mol. The van der Waals surface area contributed by atoms with Gasteiger partial charge in [-0.05, 0) is 66.4 Å². The van der Waals surface area contributed by atoms with Gasteiger partial charge in [-0.3, -0.25) is 14.5 Å². The van der Waals surface area contributed by atoms with Crippen molar-refractivity contribution in [2.75, 3.05) is 6.54 Å².